The summed E-state index contributed by atoms with van der Waals surface area (Å²) in [4.78, 5) is 38.4. The molecule has 13 rings (SSSR count). The normalized spacial score (nSPS) is 18.4. The Kier molecular flexibility index (Phi) is 36.9. The van der Waals surface area contributed by atoms with E-state index in [9.17, 15) is 68.5 Å². The molecule has 4 fully saturated rings. The maximum Gasteiger partial charge on any atom is 0.406 e. The number of fused-ring (bicyclic) bond motifs is 3. The van der Waals surface area contributed by atoms with Crippen LogP contribution in [0.15, 0.2) is 127 Å². The van der Waals surface area contributed by atoms with Crippen LogP contribution in [-0.4, -0.2) is 286 Å². The minimum atomic E-state index is -4.51. The molecule has 0 spiro atoms. The van der Waals surface area contributed by atoms with Gasteiger partial charge in [-0.25, -0.2) is 27.6 Å². The zero-order valence-electron chi connectivity index (χ0n) is 73.2. The number of aromatic nitrogens is 3. The number of carboxylic acids is 1. The van der Waals surface area contributed by atoms with Gasteiger partial charge in [0, 0.05) is 100 Å². The van der Waals surface area contributed by atoms with E-state index in [-0.39, 0.29) is 87.4 Å². The Morgan fingerprint density at radius 2 is 0.824 bits per heavy atom. The quantitative estimate of drug-likeness (QED) is 0.00835. The second kappa shape index (κ2) is 47.7. The first-order valence-electron chi connectivity index (χ1n) is 41.7. The zero-order chi connectivity index (χ0) is 94.7. The minimum Gasteiger partial charge on any atom is -0.495 e. The number of rotatable bonds is 31. The number of aliphatic hydroxyl groups excluding tert-OH is 2. The third-order valence-electron chi connectivity index (χ3n) is 21.4. The van der Waals surface area contributed by atoms with Gasteiger partial charge in [-0.05, 0) is 153 Å². The number of hydrogen-bond acceptors (Lipinski definition) is 23. The van der Waals surface area contributed by atoms with Crippen LogP contribution in [0, 0.1) is 35.5 Å². The van der Waals surface area contributed by atoms with Gasteiger partial charge in [-0.1, -0.05) is 36.0 Å². The molecule has 9 aromatic rings. The van der Waals surface area contributed by atoms with E-state index in [0.29, 0.717) is 141 Å². The molecule has 9 atom stereocenters. The van der Waals surface area contributed by atoms with Crippen molar-refractivity contribution in [2.24, 2.45) is 0 Å². The Morgan fingerprint density at radius 1 is 0.473 bits per heavy atom. The molecule has 4 saturated heterocycles. The van der Waals surface area contributed by atoms with Crippen molar-refractivity contribution in [3.63, 3.8) is 0 Å². The molecule has 39 heteroatoms. The van der Waals surface area contributed by atoms with Crippen molar-refractivity contribution in [3.8, 4) is 52.8 Å². The van der Waals surface area contributed by atoms with Crippen LogP contribution in [-0.2, 0) is 48.1 Å². The van der Waals surface area contributed by atoms with E-state index in [2.05, 4.69) is 72.7 Å². The summed E-state index contributed by atoms with van der Waals surface area (Å²) in [6, 6.07) is 31.6. The van der Waals surface area contributed by atoms with E-state index in [0.717, 1.165) is 26.9 Å². The lowest BCUT2D eigenvalue weighted by molar-refractivity contribution is -0.140. The number of hydrogen-bond donors (Lipinski definition) is 10. The summed E-state index contributed by atoms with van der Waals surface area (Å²) in [5.41, 5.74) is 5.26. The predicted molar refractivity (Wildman–Crippen MR) is 473 cm³/mol. The average molecular weight is 1850 g/mol. The van der Waals surface area contributed by atoms with Gasteiger partial charge in [-0.3, -0.25) is 9.80 Å². The van der Waals surface area contributed by atoms with Gasteiger partial charge < -0.3 is 109 Å². The SMILES string of the molecule is COC(=O)c1ccc(NCC#Cc2cc3c(N[C@H]4CCNC[C@@H]4F)cccc3n2CC(F)(F)F)c(OC)c1.COC[C@H](O)CN1CC[C@H](Nc2cccc3c2cc(C#CCNc2ccc(C(=O)O)cc2OC)n3CC(F)(F)F)[C@@H](F)C1.COC[C@H](O)CN1CC[C@H](Nc2cccc3c2cc(C#CCNc2ccc(C(=O)OC)cc2OC)n3CC(F)(F)F)[C@@H](F)C1.COC[C@H]1CO1. The molecule has 10 N–H and O–H groups in total. The van der Waals surface area contributed by atoms with Gasteiger partial charge in [0.15, 0.2) is 0 Å². The van der Waals surface area contributed by atoms with E-state index in [1.54, 1.807) is 104 Å². The summed E-state index contributed by atoms with van der Waals surface area (Å²) in [5, 5.41) is 52.3. The van der Waals surface area contributed by atoms with Crippen LogP contribution in [0.1, 0.15) is 67.4 Å². The van der Waals surface area contributed by atoms with E-state index in [1.807, 2.05) is 9.80 Å². The number of anilines is 6. The van der Waals surface area contributed by atoms with E-state index >= 15 is 8.78 Å². The lowest BCUT2D eigenvalue weighted by atomic mass is 10.0. The molecule has 4 aliphatic rings. The number of ether oxygens (including phenoxy) is 9. The molecule has 0 radical (unpaired) electrons. The van der Waals surface area contributed by atoms with E-state index in [4.69, 9.17) is 47.7 Å². The molecule has 3 aromatic heterocycles. The van der Waals surface area contributed by atoms with Gasteiger partial charge in [0.2, 0.25) is 0 Å². The number of aromatic carboxylic acids is 1. The Hall–Kier alpha value is -12.0. The van der Waals surface area contributed by atoms with Gasteiger partial charge >= 0.3 is 36.4 Å². The number of esters is 2. The van der Waals surface area contributed by atoms with Gasteiger partial charge in [-0.15, -0.1) is 0 Å². The topological polar surface area (TPSA) is 304 Å². The van der Waals surface area contributed by atoms with Crippen LogP contribution in [0.4, 0.5) is 86.8 Å². The minimum absolute atomic E-state index is 0.0417. The first-order valence-corrected chi connectivity index (χ1v) is 41.7. The number of epoxide rings is 1. The van der Waals surface area contributed by atoms with Gasteiger partial charge in [0.1, 0.15) is 61.5 Å². The number of nitrogens with zero attached hydrogens (tertiary/aromatic N) is 5. The summed E-state index contributed by atoms with van der Waals surface area (Å²) < 4.78 is 215. The fourth-order valence-corrected chi connectivity index (χ4v) is 15.2. The van der Waals surface area contributed by atoms with Crippen molar-refractivity contribution in [1.82, 2.24) is 28.8 Å². The zero-order valence-corrected chi connectivity index (χ0v) is 73.2. The number of piperidine rings is 3. The maximum absolute atomic E-state index is 15.2. The third-order valence-corrected chi connectivity index (χ3v) is 21.4. The van der Waals surface area contributed by atoms with Crippen molar-refractivity contribution in [2.75, 3.05) is 187 Å². The fraction of sp³-hybridized carbons (Fsp3) is 0.446. The molecule has 0 bridgehead atoms. The summed E-state index contributed by atoms with van der Waals surface area (Å²) >= 11 is 0. The number of β-amino-alcohol motifs (C(OH)–C–C–N with tert-alkyl or cyclic N) is 2. The molecule has 0 saturated carbocycles. The number of carbonyl (C=O) groups excluding carboxylic acids is 2. The lowest BCUT2D eigenvalue weighted by Crippen LogP contribution is -2.50. The Labute approximate surface area is 749 Å². The van der Waals surface area contributed by atoms with Crippen molar-refractivity contribution < 1.29 is 125 Å². The van der Waals surface area contributed by atoms with E-state index < -0.39 is 105 Å². The number of aliphatic hydroxyl groups is 2. The highest BCUT2D eigenvalue weighted by atomic mass is 19.4. The fourth-order valence-electron chi connectivity index (χ4n) is 15.2. The lowest BCUT2D eigenvalue weighted by Gasteiger charge is -2.36. The Balaban J connectivity index is 0.000000198. The second-order valence-corrected chi connectivity index (χ2v) is 30.9. The van der Waals surface area contributed by atoms with Crippen molar-refractivity contribution in [1.29, 1.82) is 0 Å². The Morgan fingerprint density at radius 3 is 1.12 bits per heavy atom. The van der Waals surface area contributed by atoms with Crippen LogP contribution in [0.3, 0.4) is 0 Å². The van der Waals surface area contributed by atoms with E-state index in [1.165, 1.54) is 80.1 Å². The largest absolute Gasteiger partial charge is 0.495 e. The highest BCUT2D eigenvalue weighted by molar-refractivity contribution is 5.97. The highest BCUT2D eigenvalue weighted by Gasteiger charge is 2.37. The molecule has 708 valence electrons. The molecule has 0 amide bonds. The maximum atomic E-state index is 15.2. The number of carboxylic acid groups (broad SMARTS) is 1. The molecule has 131 heavy (non-hydrogen) atoms. The van der Waals surface area contributed by atoms with Crippen molar-refractivity contribution in [3.05, 3.63) is 161 Å². The first-order chi connectivity index (χ1) is 62.6. The van der Waals surface area contributed by atoms with Gasteiger partial charge in [-0.2, -0.15) is 39.5 Å². The second-order valence-electron chi connectivity index (χ2n) is 30.9. The van der Waals surface area contributed by atoms with Crippen LogP contribution < -0.4 is 51.4 Å². The average Bonchev–Trinajstić information content (AvgIpc) is 1.64. The molecular formula is C92H106F12N12O15. The standard InChI is InChI=1S/C31H36F4N4O5.C30H34F4N4O5.C27H28F4N4O3.C4H8O2/c1-42-18-22(40)16-38-13-11-26(24(32)17-38)37-25-7-4-8-28-23(25)15-21(39(28)19-31(33,34)35)6-5-12-36-27-10-9-20(30(41)44-3)14-29(27)43-2;1-42-17-21(39)15-37-12-10-25(23(31)16-37)36-24-6-3-7-27-22(24)14-20(38(27)18-30(32,33)34)5-4-11-35-26-9-8-19(29(40)41)13-28(26)43-2;1-37-25-13-17(26(36)38-2)8-9-23(25)33-11-4-5-18-14-19-21(34-22-10-12-32-15-20(22)28)6-3-7-24(19)35(18)16-27(29,30)31;1-5-2-4-3-6-4/h4,7-10,14-15,22,24,26,36-37,40H,11-13,16-19H2,1-3H3;3,6-9,13-14,21,23,25,35-36,39H,10-12,15-18H2,1-2H3,(H,40,41);3,6-9,13-14,20,22,32-34H,10-12,15-16H2,1-2H3;4H,2-3H2,1H3/t22-,24+,26+;21-,23+,25+;20-,22-;4-/m1100/s1. The number of carbonyl (C=O) groups is 3. The molecule has 0 aliphatic carbocycles. The summed E-state index contributed by atoms with van der Waals surface area (Å²) in [6.45, 7) is 1.26. The van der Waals surface area contributed by atoms with Crippen molar-refractivity contribution >= 4 is 84.7 Å². The van der Waals surface area contributed by atoms with Crippen LogP contribution >= 0.6 is 0 Å². The molecule has 4 aliphatic heterocycles. The number of methoxy groups -OCH3 is 8. The van der Waals surface area contributed by atoms with Crippen LogP contribution in [0.25, 0.3) is 32.7 Å². The number of benzene rings is 6. The summed E-state index contributed by atoms with van der Waals surface area (Å²) in [5.74, 6) is 15.9. The predicted octanol–water partition coefficient (Wildman–Crippen LogP) is 13.1. The number of likely N-dealkylation sites (tertiary alicyclic amines) is 2. The monoisotopic (exact) mass is 1850 g/mol. The molecular weight excluding hydrogens is 1740 g/mol. The van der Waals surface area contributed by atoms with Crippen LogP contribution in [0.5, 0.6) is 17.2 Å². The summed E-state index contributed by atoms with van der Waals surface area (Å²) in [7, 11) is 11.5. The molecule has 0 unspecified atom stereocenters. The smallest absolute Gasteiger partial charge is 0.406 e. The van der Waals surface area contributed by atoms with Gasteiger partial charge in [0.25, 0.3) is 0 Å². The third kappa shape index (κ3) is 29.5. The number of nitrogens with one attached hydrogen (secondary N) is 7. The van der Waals surface area contributed by atoms with Crippen molar-refractivity contribution in [2.45, 2.75) is 112 Å². The highest BCUT2D eigenvalue weighted by Crippen LogP contribution is 2.38. The first kappa shape index (κ1) is 101. The number of alkyl halides is 12. The molecule has 6 aromatic carbocycles. The summed E-state index contributed by atoms with van der Waals surface area (Å²) in [6.07, 6.45) is -16.7. The molecule has 27 nitrogen and oxygen atoms in total. The Bertz CT molecular complexity index is 5520. The van der Waals surface area contributed by atoms with Gasteiger partial charge in [0.05, 0.1) is 179 Å². The van der Waals surface area contributed by atoms with Crippen LogP contribution in [0.2, 0.25) is 0 Å². The molecule has 7 heterocycles. The number of halogens is 12.